The topological polar surface area (TPSA) is 61.5 Å². The van der Waals surface area contributed by atoms with E-state index in [9.17, 15) is 18.0 Å². The van der Waals surface area contributed by atoms with Gasteiger partial charge in [0.2, 0.25) is 0 Å². The van der Waals surface area contributed by atoms with E-state index in [4.69, 9.17) is 10.5 Å². The molecule has 1 rings (SSSR count). The smallest absolute Gasteiger partial charge is 0.406 e. The van der Waals surface area contributed by atoms with Gasteiger partial charge in [0, 0.05) is 7.11 Å². The zero-order valence-electron chi connectivity index (χ0n) is 9.48. The number of hydrogen-bond acceptors (Lipinski definition) is 4. The fraction of sp³-hybridized carbons (Fsp3) is 0.364. The van der Waals surface area contributed by atoms with Crippen LogP contribution in [0.5, 0.6) is 5.75 Å². The highest BCUT2D eigenvalue weighted by Crippen LogP contribution is 2.23. The summed E-state index contributed by atoms with van der Waals surface area (Å²) in [5.74, 6) is -1.06. The molecule has 0 saturated heterocycles. The van der Waals surface area contributed by atoms with Crippen LogP contribution in [-0.2, 0) is 9.53 Å². The van der Waals surface area contributed by atoms with Gasteiger partial charge in [0.15, 0.2) is 6.10 Å². The Hall–Kier alpha value is -1.60. The maximum atomic E-state index is 12.4. The van der Waals surface area contributed by atoms with Gasteiger partial charge in [-0.1, -0.05) is 18.2 Å². The number of para-hydroxylation sites is 1. The van der Waals surface area contributed by atoms with Crippen LogP contribution in [0, 0.1) is 0 Å². The minimum Gasteiger partial charge on any atom is -0.425 e. The van der Waals surface area contributed by atoms with Crippen molar-refractivity contribution in [3.05, 3.63) is 30.3 Å². The third-order valence-electron chi connectivity index (χ3n) is 2.15. The second kappa shape index (κ2) is 5.83. The molecule has 0 aliphatic heterocycles. The van der Waals surface area contributed by atoms with E-state index in [0.29, 0.717) is 0 Å². The van der Waals surface area contributed by atoms with E-state index < -0.39 is 24.3 Å². The number of esters is 1. The van der Waals surface area contributed by atoms with Crippen molar-refractivity contribution < 1.29 is 27.4 Å². The average Bonchev–Trinajstić information content (AvgIpc) is 2.29. The number of halogens is 3. The second-order valence-corrected chi connectivity index (χ2v) is 3.46. The summed E-state index contributed by atoms with van der Waals surface area (Å²) >= 11 is 0. The molecule has 0 radical (unpaired) electrons. The van der Waals surface area contributed by atoms with Gasteiger partial charge in [0.05, 0.1) is 0 Å². The van der Waals surface area contributed by atoms with Crippen LogP contribution in [0.15, 0.2) is 30.3 Å². The molecule has 7 heteroatoms. The first-order valence-corrected chi connectivity index (χ1v) is 4.98. The van der Waals surface area contributed by atoms with Gasteiger partial charge in [-0.15, -0.1) is 0 Å². The molecule has 1 aromatic carbocycles. The molecule has 0 heterocycles. The van der Waals surface area contributed by atoms with E-state index in [0.717, 1.165) is 7.11 Å². The van der Waals surface area contributed by atoms with E-state index in [1.165, 1.54) is 12.1 Å². The monoisotopic (exact) mass is 263 g/mol. The van der Waals surface area contributed by atoms with E-state index in [2.05, 4.69) is 4.74 Å². The largest absolute Gasteiger partial charge is 0.425 e. The van der Waals surface area contributed by atoms with Crippen LogP contribution >= 0.6 is 0 Å². The van der Waals surface area contributed by atoms with Gasteiger partial charge in [-0.05, 0) is 12.1 Å². The van der Waals surface area contributed by atoms with Crippen LogP contribution in [-0.4, -0.2) is 31.4 Å². The molecular weight excluding hydrogens is 251 g/mol. The van der Waals surface area contributed by atoms with Crippen molar-refractivity contribution in [3.63, 3.8) is 0 Å². The van der Waals surface area contributed by atoms with Gasteiger partial charge in [-0.2, -0.15) is 13.2 Å². The number of hydrogen-bond donors (Lipinski definition) is 1. The highest BCUT2D eigenvalue weighted by molar-refractivity contribution is 5.78. The highest BCUT2D eigenvalue weighted by Gasteiger charge is 2.46. The fourth-order valence-electron chi connectivity index (χ4n) is 1.22. The Morgan fingerprint density at radius 1 is 1.28 bits per heavy atom. The third-order valence-corrected chi connectivity index (χ3v) is 2.15. The summed E-state index contributed by atoms with van der Waals surface area (Å²) in [7, 11) is 0.961. The number of carbonyl (C=O) groups is 1. The van der Waals surface area contributed by atoms with Gasteiger partial charge in [-0.25, -0.2) is 4.79 Å². The lowest BCUT2D eigenvalue weighted by Gasteiger charge is -2.22. The highest BCUT2D eigenvalue weighted by atomic mass is 19.4. The fourth-order valence-corrected chi connectivity index (χ4v) is 1.22. The lowest BCUT2D eigenvalue weighted by molar-refractivity contribution is -0.184. The lowest BCUT2D eigenvalue weighted by Crippen LogP contribution is -2.52. The molecule has 4 nitrogen and oxygen atoms in total. The van der Waals surface area contributed by atoms with E-state index in [-0.39, 0.29) is 5.75 Å². The molecular formula is C11H12F3NO3. The molecule has 0 aromatic heterocycles. The molecule has 100 valence electrons. The van der Waals surface area contributed by atoms with Crippen LogP contribution in [0.25, 0.3) is 0 Å². The predicted molar refractivity (Wildman–Crippen MR) is 56.9 cm³/mol. The molecule has 0 fully saturated rings. The van der Waals surface area contributed by atoms with Crippen LogP contribution in [0.2, 0.25) is 0 Å². The van der Waals surface area contributed by atoms with Crippen molar-refractivity contribution in [1.29, 1.82) is 0 Å². The van der Waals surface area contributed by atoms with Crippen LogP contribution in [0.3, 0.4) is 0 Å². The normalized spacial score (nSPS) is 14.9. The molecule has 18 heavy (non-hydrogen) atoms. The van der Waals surface area contributed by atoms with Gasteiger partial charge in [0.25, 0.3) is 0 Å². The summed E-state index contributed by atoms with van der Waals surface area (Å²) < 4.78 is 46.3. The summed E-state index contributed by atoms with van der Waals surface area (Å²) in [6.07, 6.45) is -6.64. The Labute approximate surface area is 101 Å². The first-order chi connectivity index (χ1) is 8.36. The molecule has 0 bridgehead atoms. The van der Waals surface area contributed by atoms with Crippen LogP contribution in [0.4, 0.5) is 13.2 Å². The molecule has 1 aromatic rings. The Bertz CT molecular complexity index is 394. The molecule has 2 atom stereocenters. The summed E-state index contributed by atoms with van der Waals surface area (Å²) in [6.45, 7) is 0. The van der Waals surface area contributed by atoms with Crippen LogP contribution < -0.4 is 10.5 Å². The Morgan fingerprint density at radius 3 is 2.28 bits per heavy atom. The number of ether oxygens (including phenoxy) is 2. The third kappa shape index (κ3) is 3.71. The number of nitrogens with two attached hydrogens (primary N) is 1. The maximum absolute atomic E-state index is 12.4. The van der Waals surface area contributed by atoms with Crippen molar-refractivity contribution in [1.82, 2.24) is 0 Å². The van der Waals surface area contributed by atoms with Crippen molar-refractivity contribution in [3.8, 4) is 5.75 Å². The Kier molecular flexibility index (Phi) is 4.69. The quantitative estimate of drug-likeness (QED) is 0.660. The molecule has 0 aliphatic rings. The molecule has 2 N–H and O–H groups in total. The SMILES string of the molecule is CO[C@@H](C(=O)Oc1ccccc1)[C@@H](N)C(F)(F)F. The minimum atomic E-state index is -4.74. The Morgan fingerprint density at radius 2 is 1.83 bits per heavy atom. The van der Waals surface area contributed by atoms with E-state index >= 15 is 0 Å². The number of carbonyl (C=O) groups excluding carboxylic acids is 1. The number of rotatable bonds is 4. The zero-order chi connectivity index (χ0) is 13.8. The van der Waals surface area contributed by atoms with E-state index in [1.54, 1.807) is 18.2 Å². The number of methoxy groups -OCH3 is 1. The molecule has 0 aliphatic carbocycles. The predicted octanol–water partition coefficient (Wildman–Crippen LogP) is 1.50. The van der Waals surface area contributed by atoms with Gasteiger partial charge < -0.3 is 15.2 Å². The van der Waals surface area contributed by atoms with Crippen molar-refractivity contribution in [2.24, 2.45) is 5.73 Å². The zero-order valence-corrected chi connectivity index (χ0v) is 9.48. The lowest BCUT2D eigenvalue weighted by atomic mass is 10.1. The van der Waals surface area contributed by atoms with Crippen molar-refractivity contribution in [2.75, 3.05) is 7.11 Å². The first-order valence-electron chi connectivity index (χ1n) is 4.98. The van der Waals surface area contributed by atoms with E-state index in [1.807, 2.05) is 0 Å². The molecule has 0 unspecified atom stereocenters. The maximum Gasteiger partial charge on any atom is 0.406 e. The molecule has 0 spiro atoms. The summed E-state index contributed by atoms with van der Waals surface area (Å²) in [4.78, 5) is 11.5. The standard InChI is InChI=1S/C11H12F3NO3/c1-17-8(9(15)11(12,13)14)10(16)18-7-5-3-2-4-6-7/h2-6,8-9H,15H2,1H3/t8-,9-/m1/s1. The van der Waals surface area contributed by atoms with Crippen molar-refractivity contribution >= 4 is 5.97 Å². The molecule has 0 saturated carbocycles. The van der Waals surface area contributed by atoms with Crippen LogP contribution in [0.1, 0.15) is 0 Å². The minimum absolute atomic E-state index is 0.124. The number of alkyl halides is 3. The van der Waals surface area contributed by atoms with Crippen molar-refractivity contribution in [2.45, 2.75) is 18.3 Å². The van der Waals surface area contributed by atoms with Gasteiger partial charge in [0.1, 0.15) is 11.8 Å². The first kappa shape index (κ1) is 14.5. The summed E-state index contributed by atoms with van der Waals surface area (Å²) in [5.41, 5.74) is 4.91. The Balaban J connectivity index is 2.75. The number of benzene rings is 1. The summed E-state index contributed by atoms with van der Waals surface area (Å²) in [6, 6.07) is 5.26. The van der Waals surface area contributed by atoms with Gasteiger partial charge in [-0.3, -0.25) is 0 Å². The second-order valence-electron chi connectivity index (χ2n) is 3.46. The average molecular weight is 263 g/mol. The molecule has 0 amide bonds. The van der Waals surface area contributed by atoms with Gasteiger partial charge >= 0.3 is 12.1 Å². The summed E-state index contributed by atoms with van der Waals surface area (Å²) in [5, 5.41) is 0.